The Balaban J connectivity index is 2.07. The maximum absolute atomic E-state index is 5.64. The predicted octanol–water partition coefficient (Wildman–Crippen LogP) is 2.92. The number of likely N-dealkylation sites (N-methyl/N-ethyl adjacent to an activating group) is 1. The van der Waals surface area contributed by atoms with Crippen LogP contribution in [-0.4, -0.2) is 44.8 Å². The number of hydrogen-bond acceptors (Lipinski definition) is 3. The van der Waals surface area contributed by atoms with Gasteiger partial charge in [-0.15, -0.1) is 0 Å². The van der Waals surface area contributed by atoms with E-state index in [0.29, 0.717) is 18.1 Å². The van der Waals surface area contributed by atoms with Crippen LogP contribution in [0, 0.1) is 19.8 Å². The molecule has 1 fully saturated rings. The molecule has 1 saturated heterocycles. The molecule has 0 radical (unpaired) electrons. The minimum absolute atomic E-state index is 0.370. The Kier molecular flexibility index (Phi) is 5.80. The van der Waals surface area contributed by atoms with Gasteiger partial charge in [-0.2, -0.15) is 0 Å². The number of benzene rings is 1. The first-order chi connectivity index (χ1) is 10.0. The molecule has 0 spiro atoms. The van der Waals surface area contributed by atoms with E-state index in [0.717, 1.165) is 13.1 Å². The Morgan fingerprint density at radius 1 is 1.38 bits per heavy atom. The van der Waals surface area contributed by atoms with Crippen LogP contribution in [0.1, 0.15) is 36.1 Å². The van der Waals surface area contributed by atoms with E-state index < -0.39 is 0 Å². The Morgan fingerprint density at radius 3 is 2.81 bits per heavy atom. The summed E-state index contributed by atoms with van der Waals surface area (Å²) in [5, 5.41) is 3.50. The molecule has 0 saturated carbocycles. The molecule has 1 N–H and O–H groups in total. The first-order valence-corrected chi connectivity index (χ1v) is 8.04. The number of rotatable bonds is 5. The maximum atomic E-state index is 5.64. The van der Waals surface area contributed by atoms with Crippen LogP contribution in [0.15, 0.2) is 18.2 Å². The van der Waals surface area contributed by atoms with Crippen LogP contribution in [0.4, 0.5) is 0 Å². The summed E-state index contributed by atoms with van der Waals surface area (Å²) in [7, 11) is 3.90. The average molecular weight is 290 g/mol. The lowest BCUT2D eigenvalue weighted by atomic mass is 9.94. The van der Waals surface area contributed by atoms with Crippen molar-refractivity contribution in [1.29, 1.82) is 0 Å². The minimum Gasteiger partial charge on any atom is -0.380 e. The van der Waals surface area contributed by atoms with Gasteiger partial charge in [0.05, 0.1) is 6.10 Å². The summed E-state index contributed by atoms with van der Waals surface area (Å²) in [4.78, 5) is 2.54. The van der Waals surface area contributed by atoms with E-state index in [1.807, 2.05) is 7.11 Å². The van der Waals surface area contributed by atoms with Gasteiger partial charge in [0.25, 0.3) is 0 Å². The van der Waals surface area contributed by atoms with Gasteiger partial charge in [0.2, 0.25) is 0 Å². The molecule has 0 amide bonds. The van der Waals surface area contributed by atoms with Gasteiger partial charge in [-0.25, -0.2) is 0 Å². The van der Waals surface area contributed by atoms with Crippen molar-refractivity contribution in [2.24, 2.45) is 5.92 Å². The van der Waals surface area contributed by atoms with Gasteiger partial charge < -0.3 is 10.1 Å². The van der Waals surface area contributed by atoms with Gasteiger partial charge in [-0.1, -0.05) is 30.7 Å². The zero-order chi connectivity index (χ0) is 15.4. The smallest absolute Gasteiger partial charge is 0.0724 e. The largest absolute Gasteiger partial charge is 0.380 e. The van der Waals surface area contributed by atoms with E-state index in [1.54, 1.807) is 0 Å². The second kappa shape index (κ2) is 7.39. The van der Waals surface area contributed by atoms with Gasteiger partial charge >= 0.3 is 0 Å². The topological polar surface area (TPSA) is 24.5 Å². The second-order valence-corrected chi connectivity index (χ2v) is 6.50. The number of nitrogens with one attached hydrogen (secondary N) is 1. The summed E-state index contributed by atoms with van der Waals surface area (Å²) in [6.07, 6.45) is 1.59. The highest BCUT2D eigenvalue weighted by Crippen LogP contribution is 2.24. The molecule has 3 atom stereocenters. The van der Waals surface area contributed by atoms with Crippen molar-refractivity contribution >= 4 is 0 Å². The zero-order valence-corrected chi connectivity index (χ0v) is 14.1. The molecule has 0 bridgehead atoms. The van der Waals surface area contributed by atoms with Crippen LogP contribution in [0.2, 0.25) is 0 Å². The van der Waals surface area contributed by atoms with Crippen LogP contribution < -0.4 is 5.32 Å². The molecule has 3 unspecified atom stereocenters. The fourth-order valence-electron chi connectivity index (χ4n) is 3.31. The predicted molar refractivity (Wildman–Crippen MR) is 88.7 cm³/mol. The van der Waals surface area contributed by atoms with Crippen molar-refractivity contribution in [3.63, 3.8) is 0 Å². The van der Waals surface area contributed by atoms with Crippen LogP contribution >= 0.6 is 0 Å². The number of methoxy groups -OCH3 is 1. The van der Waals surface area contributed by atoms with E-state index in [1.165, 1.54) is 29.7 Å². The third-order valence-corrected chi connectivity index (χ3v) is 4.88. The standard InChI is InChI=1S/C18H30N2O/c1-13-6-7-14(2)16(10-13)17(19-4)11-20-9-8-15(3)18(12-20)21-5/h6-7,10,15,17-19H,8-9,11-12H2,1-5H3. The SMILES string of the molecule is CNC(CN1CCC(C)C(OC)C1)c1cc(C)ccc1C. The Hall–Kier alpha value is -0.900. The molecule has 118 valence electrons. The van der Waals surface area contributed by atoms with Gasteiger partial charge in [0, 0.05) is 26.2 Å². The summed E-state index contributed by atoms with van der Waals surface area (Å²) in [5.41, 5.74) is 4.12. The molecule has 3 heteroatoms. The Labute approximate surface area is 129 Å². The molecule has 1 aromatic carbocycles. The van der Waals surface area contributed by atoms with Gasteiger partial charge in [-0.05, 0) is 50.9 Å². The summed E-state index contributed by atoms with van der Waals surface area (Å²) in [5.74, 6) is 0.667. The average Bonchev–Trinajstić information content (AvgIpc) is 2.49. The Morgan fingerprint density at radius 2 is 2.14 bits per heavy atom. The quantitative estimate of drug-likeness (QED) is 0.902. The molecule has 2 rings (SSSR count). The molecular weight excluding hydrogens is 260 g/mol. The van der Waals surface area contributed by atoms with Crippen molar-refractivity contribution in [2.75, 3.05) is 33.8 Å². The summed E-state index contributed by atoms with van der Waals surface area (Å²) in [6.45, 7) is 9.93. The van der Waals surface area contributed by atoms with Crippen molar-refractivity contribution in [3.05, 3.63) is 34.9 Å². The first-order valence-electron chi connectivity index (χ1n) is 8.04. The van der Waals surface area contributed by atoms with Crippen LogP contribution in [0.25, 0.3) is 0 Å². The summed E-state index contributed by atoms with van der Waals surface area (Å²) in [6, 6.07) is 7.12. The highest BCUT2D eigenvalue weighted by atomic mass is 16.5. The molecular formula is C18H30N2O. The monoisotopic (exact) mass is 290 g/mol. The van der Waals surface area contributed by atoms with Crippen molar-refractivity contribution in [2.45, 2.75) is 39.3 Å². The molecule has 1 heterocycles. The Bertz CT molecular complexity index is 461. The first kappa shape index (κ1) is 16.5. The highest BCUT2D eigenvalue weighted by Gasteiger charge is 2.27. The molecule has 1 aliphatic heterocycles. The van der Waals surface area contributed by atoms with E-state index in [9.17, 15) is 0 Å². The summed E-state index contributed by atoms with van der Waals surface area (Å²) >= 11 is 0. The van der Waals surface area contributed by atoms with Gasteiger partial charge in [0.15, 0.2) is 0 Å². The van der Waals surface area contributed by atoms with Crippen LogP contribution in [0.5, 0.6) is 0 Å². The van der Waals surface area contributed by atoms with E-state index >= 15 is 0 Å². The normalized spacial score (nSPS) is 25.0. The zero-order valence-electron chi connectivity index (χ0n) is 14.1. The fraction of sp³-hybridized carbons (Fsp3) is 0.667. The van der Waals surface area contributed by atoms with E-state index in [-0.39, 0.29) is 0 Å². The number of nitrogens with zero attached hydrogens (tertiary/aromatic N) is 1. The lowest BCUT2D eigenvalue weighted by molar-refractivity contribution is -0.00730. The van der Waals surface area contributed by atoms with Crippen LogP contribution in [0.3, 0.4) is 0 Å². The van der Waals surface area contributed by atoms with Crippen molar-refractivity contribution in [1.82, 2.24) is 10.2 Å². The number of aryl methyl sites for hydroxylation is 2. The lowest BCUT2D eigenvalue weighted by Gasteiger charge is -2.38. The third-order valence-electron chi connectivity index (χ3n) is 4.88. The van der Waals surface area contributed by atoms with Crippen molar-refractivity contribution < 1.29 is 4.74 Å². The number of ether oxygens (including phenoxy) is 1. The second-order valence-electron chi connectivity index (χ2n) is 6.50. The molecule has 0 aliphatic carbocycles. The molecule has 3 nitrogen and oxygen atoms in total. The maximum Gasteiger partial charge on any atom is 0.0724 e. The number of hydrogen-bond donors (Lipinski definition) is 1. The third kappa shape index (κ3) is 4.06. The van der Waals surface area contributed by atoms with E-state index in [4.69, 9.17) is 4.74 Å². The van der Waals surface area contributed by atoms with Crippen molar-refractivity contribution in [3.8, 4) is 0 Å². The highest BCUT2D eigenvalue weighted by molar-refractivity contribution is 5.33. The van der Waals surface area contributed by atoms with E-state index in [2.05, 4.69) is 56.2 Å². The lowest BCUT2D eigenvalue weighted by Crippen LogP contribution is -2.46. The summed E-state index contributed by atoms with van der Waals surface area (Å²) < 4.78 is 5.64. The molecule has 0 aromatic heterocycles. The van der Waals surface area contributed by atoms with Gasteiger partial charge in [0.1, 0.15) is 0 Å². The van der Waals surface area contributed by atoms with Crippen LogP contribution in [-0.2, 0) is 4.74 Å². The fourth-order valence-corrected chi connectivity index (χ4v) is 3.31. The molecule has 21 heavy (non-hydrogen) atoms. The number of likely N-dealkylation sites (tertiary alicyclic amines) is 1. The number of piperidine rings is 1. The molecule has 1 aliphatic rings. The molecule has 1 aromatic rings. The van der Waals surface area contributed by atoms with Gasteiger partial charge in [-0.3, -0.25) is 4.90 Å². The minimum atomic E-state index is 0.370.